The van der Waals surface area contributed by atoms with Crippen LogP contribution in [-0.4, -0.2) is 34.9 Å². The molecule has 1 fully saturated rings. The van der Waals surface area contributed by atoms with E-state index in [9.17, 15) is 4.79 Å². The first-order valence-corrected chi connectivity index (χ1v) is 8.51. The zero-order valence-electron chi connectivity index (χ0n) is 13.3. The number of carbonyl (C=O) groups excluding carboxylic acids is 1. The van der Waals surface area contributed by atoms with Crippen LogP contribution in [0.25, 0.3) is 0 Å². The van der Waals surface area contributed by atoms with Crippen LogP contribution >= 0.6 is 11.3 Å². The zero-order valence-corrected chi connectivity index (χ0v) is 14.2. The van der Waals surface area contributed by atoms with E-state index in [1.54, 1.807) is 0 Å². The van der Waals surface area contributed by atoms with Crippen molar-refractivity contribution in [1.82, 2.24) is 9.88 Å². The van der Waals surface area contributed by atoms with E-state index in [-0.39, 0.29) is 11.9 Å². The van der Waals surface area contributed by atoms with Crippen molar-refractivity contribution >= 4 is 28.2 Å². The van der Waals surface area contributed by atoms with Crippen molar-refractivity contribution in [3.8, 4) is 0 Å². The Balaban J connectivity index is 2.13. The van der Waals surface area contributed by atoms with Gasteiger partial charge >= 0.3 is 0 Å². The molecule has 0 aromatic carbocycles. The maximum absolute atomic E-state index is 12.7. The second kappa shape index (κ2) is 6.64. The van der Waals surface area contributed by atoms with E-state index in [1.165, 1.54) is 30.6 Å². The lowest BCUT2D eigenvalue weighted by Crippen LogP contribution is -2.42. The van der Waals surface area contributed by atoms with Crippen LogP contribution in [-0.2, 0) is 0 Å². The monoisotopic (exact) mass is 310 g/mol. The van der Waals surface area contributed by atoms with Crippen molar-refractivity contribution in [2.75, 3.05) is 18.1 Å². The summed E-state index contributed by atoms with van der Waals surface area (Å²) in [4.78, 5) is 19.4. The molecule has 1 aromatic rings. The number of nitrogens with one attached hydrogen (secondary N) is 1. The molecule has 2 rings (SSSR count). The molecule has 0 aliphatic heterocycles. The normalized spacial score (nSPS) is 22.3. The van der Waals surface area contributed by atoms with Gasteiger partial charge in [0.15, 0.2) is 5.13 Å². The Hall–Kier alpha value is -1.30. The Labute approximate surface area is 130 Å². The summed E-state index contributed by atoms with van der Waals surface area (Å²) in [5.74, 6) is 0.888. The molecule has 5 nitrogen and oxygen atoms in total. The van der Waals surface area contributed by atoms with E-state index in [1.807, 2.05) is 25.8 Å². The third kappa shape index (κ3) is 3.67. The van der Waals surface area contributed by atoms with E-state index in [2.05, 4.69) is 17.2 Å². The first-order valence-electron chi connectivity index (χ1n) is 7.70. The number of hydrogen-bond donors (Lipinski definition) is 2. The minimum atomic E-state index is 0.000515. The lowest BCUT2D eigenvalue weighted by atomic mass is 9.85. The van der Waals surface area contributed by atoms with Crippen molar-refractivity contribution in [3.63, 3.8) is 0 Å². The quantitative estimate of drug-likeness (QED) is 0.896. The summed E-state index contributed by atoms with van der Waals surface area (Å²) in [7, 11) is 1.89. The third-order valence-electron chi connectivity index (χ3n) is 4.14. The average molecular weight is 310 g/mol. The fourth-order valence-corrected chi connectivity index (χ4v) is 3.99. The predicted octanol–water partition coefficient (Wildman–Crippen LogP) is 3.20. The molecule has 2 unspecified atom stereocenters. The van der Waals surface area contributed by atoms with E-state index in [0.717, 1.165) is 11.6 Å². The minimum Gasteiger partial charge on any atom is -0.382 e. The SMILES string of the molecule is CC(C)Nc1nc(N)c(C(=O)N(C)C2CCCCC2C)s1. The number of rotatable bonds is 4. The Morgan fingerprint density at radius 2 is 2.10 bits per heavy atom. The van der Waals surface area contributed by atoms with Gasteiger partial charge in [0.25, 0.3) is 5.91 Å². The standard InChI is InChI=1S/C15H26N4OS/c1-9(2)17-15-18-13(16)12(21-15)14(20)19(4)11-8-6-5-7-10(11)3/h9-11H,5-8,16H2,1-4H3,(H,17,18). The van der Waals surface area contributed by atoms with Crippen LogP contribution in [0.1, 0.15) is 56.1 Å². The molecule has 0 bridgehead atoms. The molecule has 1 saturated carbocycles. The number of carbonyl (C=O) groups is 1. The van der Waals surface area contributed by atoms with Crippen molar-refractivity contribution in [2.24, 2.45) is 5.92 Å². The molecular formula is C15H26N4OS. The molecule has 1 amide bonds. The largest absolute Gasteiger partial charge is 0.382 e. The molecule has 3 N–H and O–H groups in total. The van der Waals surface area contributed by atoms with E-state index >= 15 is 0 Å². The highest BCUT2D eigenvalue weighted by molar-refractivity contribution is 7.18. The first kappa shape index (κ1) is 16.1. The van der Waals surface area contributed by atoms with Crippen LogP contribution in [0.4, 0.5) is 10.9 Å². The molecule has 21 heavy (non-hydrogen) atoms. The average Bonchev–Trinajstić information content (AvgIpc) is 2.77. The first-order chi connectivity index (χ1) is 9.90. The van der Waals surface area contributed by atoms with Gasteiger partial charge in [-0.2, -0.15) is 0 Å². The van der Waals surface area contributed by atoms with Gasteiger partial charge in [-0.25, -0.2) is 4.98 Å². The van der Waals surface area contributed by atoms with E-state index < -0.39 is 0 Å². The summed E-state index contributed by atoms with van der Waals surface area (Å²) in [6.45, 7) is 6.30. The highest BCUT2D eigenvalue weighted by Crippen LogP contribution is 2.31. The second-order valence-electron chi connectivity index (χ2n) is 6.28. The molecule has 0 saturated heterocycles. The number of anilines is 2. The summed E-state index contributed by atoms with van der Waals surface area (Å²) in [6, 6.07) is 0.587. The number of nitrogen functional groups attached to an aromatic ring is 1. The van der Waals surface area contributed by atoms with Crippen LogP contribution in [0, 0.1) is 5.92 Å². The predicted molar refractivity (Wildman–Crippen MR) is 88.8 cm³/mol. The Kier molecular flexibility index (Phi) is 5.08. The third-order valence-corrected chi connectivity index (χ3v) is 5.13. The number of aromatic nitrogens is 1. The van der Waals surface area contributed by atoms with Crippen LogP contribution in [0.5, 0.6) is 0 Å². The number of thiazole rings is 1. The molecule has 0 radical (unpaired) electrons. The molecule has 2 atom stereocenters. The fourth-order valence-electron chi connectivity index (χ4n) is 2.98. The second-order valence-corrected chi connectivity index (χ2v) is 7.28. The van der Waals surface area contributed by atoms with Gasteiger partial charge in [0.05, 0.1) is 0 Å². The summed E-state index contributed by atoms with van der Waals surface area (Å²) < 4.78 is 0. The number of amides is 1. The molecule has 6 heteroatoms. The summed E-state index contributed by atoms with van der Waals surface area (Å²) in [5.41, 5.74) is 5.93. The number of hydrogen-bond acceptors (Lipinski definition) is 5. The van der Waals surface area contributed by atoms with Crippen molar-refractivity contribution < 1.29 is 4.79 Å². The summed E-state index contributed by atoms with van der Waals surface area (Å²) in [5, 5.41) is 3.92. The van der Waals surface area contributed by atoms with Crippen molar-refractivity contribution in [1.29, 1.82) is 0 Å². The fraction of sp³-hybridized carbons (Fsp3) is 0.733. The van der Waals surface area contributed by atoms with Crippen molar-refractivity contribution in [3.05, 3.63) is 4.88 Å². The number of nitrogens with zero attached hydrogens (tertiary/aromatic N) is 2. The van der Waals surface area contributed by atoms with Gasteiger partial charge in [0.2, 0.25) is 0 Å². The maximum Gasteiger partial charge on any atom is 0.267 e. The molecular weight excluding hydrogens is 284 g/mol. The highest BCUT2D eigenvalue weighted by Gasteiger charge is 2.30. The van der Waals surface area contributed by atoms with Crippen LogP contribution < -0.4 is 11.1 Å². The van der Waals surface area contributed by atoms with Gasteiger partial charge in [-0.1, -0.05) is 31.1 Å². The van der Waals surface area contributed by atoms with Gasteiger partial charge in [0, 0.05) is 19.1 Å². The van der Waals surface area contributed by atoms with Gasteiger partial charge in [-0.15, -0.1) is 0 Å². The molecule has 1 aromatic heterocycles. The lowest BCUT2D eigenvalue weighted by Gasteiger charge is -2.36. The highest BCUT2D eigenvalue weighted by atomic mass is 32.1. The van der Waals surface area contributed by atoms with Crippen molar-refractivity contribution in [2.45, 2.75) is 58.5 Å². The summed E-state index contributed by atoms with van der Waals surface area (Å²) in [6.07, 6.45) is 4.75. The Morgan fingerprint density at radius 3 is 2.71 bits per heavy atom. The molecule has 1 heterocycles. The van der Waals surface area contributed by atoms with Gasteiger partial charge in [0.1, 0.15) is 10.7 Å². The van der Waals surface area contributed by atoms with Crippen LogP contribution in [0.3, 0.4) is 0 Å². The number of nitrogens with two attached hydrogens (primary N) is 1. The van der Waals surface area contributed by atoms with E-state index in [0.29, 0.717) is 22.7 Å². The minimum absolute atomic E-state index is 0.000515. The van der Waals surface area contributed by atoms with Crippen LogP contribution in [0.2, 0.25) is 0 Å². The van der Waals surface area contributed by atoms with Gasteiger partial charge in [-0.3, -0.25) is 4.79 Å². The topological polar surface area (TPSA) is 71.2 Å². The summed E-state index contributed by atoms with van der Waals surface area (Å²) >= 11 is 1.35. The molecule has 1 aliphatic carbocycles. The zero-order chi connectivity index (χ0) is 15.6. The maximum atomic E-state index is 12.7. The van der Waals surface area contributed by atoms with E-state index in [4.69, 9.17) is 5.73 Å². The lowest BCUT2D eigenvalue weighted by molar-refractivity contribution is 0.0634. The molecule has 118 valence electrons. The Bertz CT molecular complexity index is 500. The molecule has 0 spiro atoms. The Morgan fingerprint density at radius 1 is 1.43 bits per heavy atom. The van der Waals surface area contributed by atoms with Gasteiger partial charge in [-0.05, 0) is 32.6 Å². The van der Waals surface area contributed by atoms with Gasteiger partial charge < -0.3 is 16.0 Å². The smallest absolute Gasteiger partial charge is 0.267 e. The van der Waals surface area contributed by atoms with Crippen LogP contribution in [0.15, 0.2) is 0 Å². The molecule has 1 aliphatic rings.